The van der Waals surface area contributed by atoms with Gasteiger partial charge in [0.1, 0.15) is 11.3 Å². The van der Waals surface area contributed by atoms with E-state index >= 15 is 0 Å². The molecular formula is C22H22BrNO6. The number of carbonyl (C=O) groups is 2. The lowest BCUT2D eigenvalue weighted by atomic mass is 9.83. The van der Waals surface area contributed by atoms with Gasteiger partial charge in [-0.1, -0.05) is 15.9 Å². The SMILES string of the molecule is CCOC(=O)C1=C(C)NC(C)=C(C(=O)OCC)C1c1cc(=O)c2cc(Br)ccc2o1. The summed E-state index contributed by atoms with van der Waals surface area (Å²) < 4.78 is 17.2. The van der Waals surface area contributed by atoms with Crippen LogP contribution in [0.4, 0.5) is 0 Å². The average molecular weight is 476 g/mol. The molecule has 0 spiro atoms. The highest BCUT2D eigenvalue weighted by molar-refractivity contribution is 9.10. The number of ether oxygens (including phenoxy) is 2. The van der Waals surface area contributed by atoms with Crippen molar-refractivity contribution in [3.63, 3.8) is 0 Å². The van der Waals surface area contributed by atoms with E-state index in [1.165, 1.54) is 6.07 Å². The number of halogens is 1. The zero-order valence-corrected chi connectivity index (χ0v) is 18.7. The first kappa shape index (κ1) is 21.8. The molecule has 0 atom stereocenters. The molecule has 0 radical (unpaired) electrons. The third-order valence-corrected chi connectivity index (χ3v) is 5.24. The van der Waals surface area contributed by atoms with E-state index in [9.17, 15) is 14.4 Å². The molecule has 1 N–H and O–H groups in total. The third-order valence-electron chi connectivity index (χ3n) is 4.74. The third kappa shape index (κ3) is 4.05. The zero-order valence-electron chi connectivity index (χ0n) is 17.1. The lowest BCUT2D eigenvalue weighted by Crippen LogP contribution is -2.33. The minimum absolute atomic E-state index is 0.162. The summed E-state index contributed by atoms with van der Waals surface area (Å²) in [5, 5.41) is 3.44. The van der Waals surface area contributed by atoms with E-state index in [0.717, 1.165) is 4.47 Å². The number of hydrogen-bond acceptors (Lipinski definition) is 7. The molecule has 1 aromatic carbocycles. The van der Waals surface area contributed by atoms with Gasteiger partial charge in [-0.25, -0.2) is 9.59 Å². The molecule has 2 heterocycles. The number of carbonyl (C=O) groups excluding carboxylic acids is 2. The van der Waals surface area contributed by atoms with Crippen LogP contribution in [0.15, 0.2) is 60.5 Å². The number of hydrogen-bond donors (Lipinski definition) is 1. The number of rotatable bonds is 5. The number of dihydropyridines is 1. The quantitative estimate of drug-likeness (QED) is 0.654. The first-order chi connectivity index (χ1) is 14.3. The molecule has 3 rings (SSSR count). The number of allylic oxidation sites excluding steroid dienone is 2. The normalized spacial score (nSPS) is 14.7. The Morgan fingerprint density at radius 1 is 1.03 bits per heavy atom. The second kappa shape index (κ2) is 8.87. The largest absolute Gasteiger partial charge is 0.463 e. The van der Waals surface area contributed by atoms with Crippen LogP contribution >= 0.6 is 15.9 Å². The summed E-state index contributed by atoms with van der Waals surface area (Å²) >= 11 is 3.34. The molecule has 0 fully saturated rings. The molecular weight excluding hydrogens is 454 g/mol. The Morgan fingerprint density at radius 3 is 2.13 bits per heavy atom. The second-order valence-electron chi connectivity index (χ2n) is 6.73. The maximum atomic E-state index is 12.8. The average Bonchev–Trinajstić information content (AvgIpc) is 2.68. The Labute approximate surface area is 181 Å². The number of nitrogens with one attached hydrogen (secondary N) is 1. The molecule has 0 saturated carbocycles. The van der Waals surface area contributed by atoms with Gasteiger partial charge in [-0.05, 0) is 45.9 Å². The molecule has 0 aliphatic carbocycles. The fourth-order valence-corrected chi connectivity index (χ4v) is 3.89. The molecule has 7 nitrogen and oxygen atoms in total. The Kier molecular flexibility index (Phi) is 6.45. The molecule has 0 unspecified atom stereocenters. The molecule has 0 amide bonds. The zero-order chi connectivity index (χ0) is 22.0. The molecule has 30 heavy (non-hydrogen) atoms. The van der Waals surface area contributed by atoms with Gasteiger partial charge in [0, 0.05) is 21.9 Å². The van der Waals surface area contributed by atoms with E-state index in [0.29, 0.717) is 22.4 Å². The van der Waals surface area contributed by atoms with Gasteiger partial charge in [0.05, 0.1) is 35.7 Å². The van der Waals surface area contributed by atoms with Gasteiger partial charge in [0.25, 0.3) is 0 Å². The first-order valence-electron chi connectivity index (χ1n) is 9.54. The van der Waals surface area contributed by atoms with Gasteiger partial charge in [-0.2, -0.15) is 0 Å². The van der Waals surface area contributed by atoms with Gasteiger partial charge in [0.2, 0.25) is 0 Å². The summed E-state index contributed by atoms with van der Waals surface area (Å²) in [6.45, 7) is 7.13. The summed E-state index contributed by atoms with van der Waals surface area (Å²) in [6.07, 6.45) is 0. The van der Waals surface area contributed by atoms with E-state index < -0.39 is 17.9 Å². The van der Waals surface area contributed by atoms with E-state index in [1.807, 2.05) is 0 Å². The summed E-state index contributed by atoms with van der Waals surface area (Å²) in [4.78, 5) is 38.4. The number of benzene rings is 1. The first-order valence-corrected chi connectivity index (χ1v) is 10.3. The van der Waals surface area contributed by atoms with Gasteiger partial charge in [-0.3, -0.25) is 4.79 Å². The van der Waals surface area contributed by atoms with Crippen LogP contribution in [0.1, 0.15) is 39.4 Å². The minimum Gasteiger partial charge on any atom is -0.463 e. The fraction of sp³-hybridized carbons (Fsp3) is 0.318. The van der Waals surface area contributed by atoms with E-state index in [1.54, 1.807) is 45.9 Å². The van der Waals surface area contributed by atoms with E-state index in [4.69, 9.17) is 13.9 Å². The van der Waals surface area contributed by atoms with Crippen LogP contribution in [-0.4, -0.2) is 25.2 Å². The number of esters is 2. The van der Waals surface area contributed by atoms with Crippen LogP contribution in [0, 0.1) is 0 Å². The molecule has 0 bridgehead atoms. The molecule has 158 valence electrons. The fourth-order valence-electron chi connectivity index (χ4n) is 3.53. The maximum absolute atomic E-state index is 12.8. The molecule has 1 aliphatic rings. The number of fused-ring (bicyclic) bond motifs is 1. The van der Waals surface area contributed by atoms with Gasteiger partial charge in [0.15, 0.2) is 5.43 Å². The van der Waals surface area contributed by atoms with Crippen molar-refractivity contribution in [2.45, 2.75) is 33.6 Å². The highest BCUT2D eigenvalue weighted by atomic mass is 79.9. The van der Waals surface area contributed by atoms with Crippen LogP contribution < -0.4 is 10.7 Å². The molecule has 8 heteroatoms. The molecule has 0 saturated heterocycles. The van der Waals surface area contributed by atoms with Crippen LogP contribution in [0.25, 0.3) is 11.0 Å². The maximum Gasteiger partial charge on any atom is 0.336 e. The van der Waals surface area contributed by atoms with Crippen LogP contribution in [0.2, 0.25) is 0 Å². The summed E-state index contributed by atoms with van der Waals surface area (Å²) in [5.41, 5.74) is 1.49. The molecule has 2 aromatic rings. The minimum atomic E-state index is -0.940. The van der Waals surface area contributed by atoms with Crippen molar-refractivity contribution >= 4 is 38.8 Å². The van der Waals surface area contributed by atoms with Crippen LogP contribution in [0.5, 0.6) is 0 Å². The van der Waals surface area contributed by atoms with Gasteiger partial charge in [-0.15, -0.1) is 0 Å². The van der Waals surface area contributed by atoms with Crippen LogP contribution in [-0.2, 0) is 19.1 Å². The Hall–Kier alpha value is -2.87. The smallest absolute Gasteiger partial charge is 0.336 e. The monoisotopic (exact) mass is 475 g/mol. The van der Waals surface area contributed by atoms with Crippen molar-refractivity contribution in [2.24, 2.45) is 0 Å². The highest BCUT2D eigenvalue weighted by Crippen LogP contribution is 2.39. The standard InChI is InChI=1S/C22H22BrNO6/c1-5-28-21(26)18-11(3)24-12(4)19(22(27)29-6-2)20(18)17-10-15(25)14-9-13(23)7-8-16(14)30-17/h7-10,20,24H,5-6H2,1-4H3. The van der Waals surface area contributed by atoms with Crippen molar-refractivity contribution in [3.8, 4) is 0 Å². The Balaban J connectivity index is 2.27. The lowest BCUT2D eigenvalue weighted by molar-refractivity contribution is -0.139. The summed E-state index contributed by atoms with van der Waals surface area (Å²) in [7, 11) is 0. The van der Waals surface area contributed by atoms with Gasteiger partial charge >= 0.3 is 11.9 Å². The van der Waals surface area contributed by atoms with Crippen molar-refractivity contribution in [1.29, 1.82) is 0 Å². The van der Waals surface area contributed by atoms with Crippen molar-refractivity contribution in [3.05, 3.63) is 67.3 Å². The van der Waals surface area contributed by atoms with Crippen molar-refractivity contribution < 1.29 is 23.5 Å². The Morgan fingerprint density at radius 2 is 1.60 bits per heavy atom. The summed E-state index contributed by atoms with van der Waals surface area (Å²) in [6, 6.07) is 6.38. The van der Waals surface area contributed by atoms with Crippen molar-refractivity contribution in [1.82, 2.24) is 5.32 Å². The predicted molar refractivity (Wildman–Crippen MR) is 115 cm³/mol. The second-order valence-corrected chi connectivity index (χ2v) is 7.65. The predicted octanol–water partition coefficient (Wildman–Crippen LogP) is 3.92. The van der Waals surface area contributed by atoms with Crippen molar-refractivity contribution in [2.75, 3.05) is 13.2 Å². The summed E-state index contributed by atoms with van der Waals surface area (Å²) in [5.74, 6) is -1.97. The molecule has 1 aromatic heterocycles. The van der Waals surface area contributed by atoms with Crippen LogP contribution in [0.3, 0.4) is 0 Å². The lowest BCUT2D eigenvalue weighted by Gasteiger charge is -2.29. The molecule has 1 aliphatic heterocycles. The topological polar surface area (TPSA) is 94.8 Å². The Bertz CT molecular complexity index is 1100. The van der Waals surface area contributed by atoms with E-state index in [2.05, 4.69) is 21.2 Å². The highest BCUT2D eigenvalue weighted by Gasteiger charge is 2.39. The van der Waals surface area contributed by atoms with Gasteiger partial charge < -0.3 is 19.2 Å². The van der Waals surface area contributed by atoms with E-state index in [-0.39, 0.29) is 35.5 Å².